The van der Waals surface area contributed by atoms with Gasteiger partial charge in [0, 0.05) is 29.1 Å². The van der Waals surface area contributed by atoms with Gasteiger partial charge in [-0.2, -0.15) is 11.3 Å². The number of carbonyl (C=O) groups excluding carboxylic acids is 2. The molecule has 10 heteroatoms. The Hall–Kier alpha value is -2.33. The van der Waals surface area contributed by atoms with Crippen molar-refractivity contribution in [1.29, 1.82) is 0 Å². The summed E-state index contributed by atoms with van der Waals surface area (Å²) in [4.78, 5) is 27.9. The van der Waals surface area contributed by atoms with Crippen molar-refractivity contribution in [3.8, 4) is 0 Å². The Morgan fingerprint density at radius 3 is 2.74 bits per heavy atom. The molecule has 0 aliphatic carbocycles. The molecule has 2 aromatic carbocycles. The van der Waals surface area contributed by atoms with Crippen molar-refractivity contribution >= 4 is 51.9 Å². The molecule has 5 atom stereocenters. The molecule has 0 radical (unpaired) electrons. The molecule has 5 rings (SSSR count). The van der Waals surface area contributed by atoms with E-state index in [1.165, 1.54) is 12.1 Å². The Bertz CT molecular complexity index is 1370. The third kappa shape index (κ3) is 5.26. The van der Waals surface area contributed by atoms with E-state index in [1.54, 1.807) is 29.5 Å². The first-order valence-electron chi connectivity index (χ1n) is 12.9. The van der Waals surface area contributed by atoms with Crippen LogP contribution < -0.4 is 10.6 Å². The highest BCUT2D eigenvalue weighted by molar-refractivity contribution is 7.07. The van der Waals surface area contributed by atoms with Crippen LogP contribution in [0.2, 0.25) is 10.0 Å². The van der Waals surface area contributed by atoms with Gasteiger partial charge in [-0.05, 0) is 83.5 Å². The lowest BCUT2D eigenvalue weighted by molar-refractivity contribution is -0.122. The van der Waals surface area contributed by atoms with E-state index in [9.17, 15) is 19.1 Å². The number of hydrogen-bond acceptors (Lipinski definition) is 6. The van der Waals surface area contributed by atoms with Crippen molar-refractivity contribution in [3.05, 3.63) is 85.8 Å². The summed E-state index contributed by atoms with van der Waals surface area (Å²) in [5.41, 5.74) is 1.41. The van der Waals surface area contributed by atoms with Gasteiger partial charge in [0.1, 0.15) is 17.0 Å². The van der Waals surface area contributed by atoms with Gasteiger partial charge in [0.25, 0.3) is 0 Å². The van der Waals surface area contributed by atoms with E-state index in [-0.39, 0.29) is 36.2 Å². The number of carbonyl (C=O) groups is 2. The smallest absolute Gasteiger partial charge is 0.237 e. The number of aliphatic hydroxyl groups is 2. The first-order chi connectivity index (χ1) is 18.7. The van der Waals surface area contributed by atoms with Crippen molar-refractivity contribution in [2.75, 3.05) is 11.9 Å². The molecule has 3 aromatic rings. The van der Waals surface area contributed by atoms with Gasteiger partial charge in [-0.25, -0.2) is 4.39 Å². The minimum absolute atomic E-state index is 0.0961. The Morgan fingerprint density at radius 2 is 2.03 bits per heavy atom. The number of aliphatic hydroxyl groups excluding tert-OH is 2. The summed E-state index contributed by atoms with van der Waals surface area (Å²) in [6.07, 6.45) is 1.08. The van der Waals surface area contributed by atoms with Gasteiger partial charge in [0.05, 0.1) is 23.8 Å². The second kappa shape index (κ2) is 11.6. The average Bonchev–Trinajstić information content (AvgIpc) is 3.61. The van der Waals surface area contributed by atoms with Crippen LogP contribution in [0.3, 0.4) is 0 Å². The quantitative estimate of drug-likeness (QED) is 0.259. The van der Waals surface area contributed by atoms with Gasteiger partial charge >= 0.3 is 0 Å². The number of anilines is 1. The van der Waals surface area contributed by atoms with Crippen LogP contribution >= 0.6 is 34.5 Å². The van der Waals surface area contributed by atoms with Gasteiger partial charge in [0.15, 0.2) is 0 Å². The molecule has 1 aromatic heterocycles. The molecule has 4 N–H and O–H groups in total. The number of rotatable bonds is 10. The fourth-order valence-corrected chi connectivity index (χ4v) is 7.23. The second-order valence-electron chi connectivity index (χ2n) is 10.2. The third-order valence-electron chi connectivity index (χ3n) is 7.91. The largest absolute Gasteiger partial charge is 0.394 e. The molecule has 39 heavy (non-hydrogen) atoms. The van der Waals surface area contributed by atoms with Gasteiger partial charge < -0.3 is 20.8 Å². The minimum atomic E-state index is -1.30. The first kappa shape index (κ1) is 28.2. The topological polar surface area (TPSA) is 98.7 Å². The maximum absolute atomic E-state index is 15.0. The van der Waals surface area contributed by atoms with Gasteiger partial charge in [0.2, 0.25) is 5.91 Å². The Labute approximate surface area is 240 Å². The molecule has 6 nitrogen and oxygen atoms in total. The van der Waals surface area contributed by atoms with E-state index >= 15 is 0 Å². The number of halogens is 3. The van der Waals surface area contributed by atoms with E-state index in [0.717, 1.165) is 5.56 Å². The van der Waals surface area contributed by atoms with Crippen LogP contribution in [-0.4, -0.2) is 46.7 Å². The lowest BCUT2D eigenvalue weighted by Gasteiger charge is -2.35. The van der Waals surface area contributed by atoms with Crippen molar-refractivity contribution in [1.82, 2.24) is 5.32 Å². The summed E-state index contributed by atoms with van der Waals surface area (Å²) in [6, 6.07) is 10.6. The molecule has 0 unspecified atom stereocenters. The third-order valence-corrected chi connectivity index (χ3v) is 9.17. The highest BCUT2D eigenvalue weighted by atomic mass is 35.5. The number of benzene rings is 2. The van der Waals surface area contributed by atoms with Gasteiger partial charge in [-0.1, -0.05) is 35.3 Å². The summed E-state index contributed by atoms with van der Waals surface area (Å²) >= 11 is 14.1. The molecular formula is C29H29Cl2FN2O4S. The standard InChI is InChI=1S/C29H29Cl2FN2O4S/c30-18-4-1-3-17(11-18)26-27(24(37)6-2-5-19(36)14-35)34-25(8-7-16-9-10-39-15-16)29(26)20-12-22(32)21(31)13-23(20)33-28(29)38/h1,3-4,9-13,15,19,25-27,34-36H,2,5-8,14H2,(H,33,38)/t19-,25+,26-,27-,29-/m0/s1. The van der Waals surface area contributed by atoms with Crippen molar-refractivity contribution in [3.63, 3.8) is 0 Å². The van der Waals surface area contributed by atoms with Crippen LogP contribution in [0.4, 0.5) is 10.1 Å². The zero-order valence-electron chi connectivity index (χ0n) is 21.0. The molecule has 1 amide bonds. The first-order valence-corrected chi connectivity index (χ1v) is 14.6. The van der Waals surface area contributed by atoms with Crippen LogP contribution in [-0.2, 0) is 21.4 Å². The summed E-state index contributed by atoms with van der Waals surface area (Å²) < 4.78 is 15.0. The van der Waals surface area contributed by atoms with E-state index in [1.807, 2.05) is 22.9 Å². The molecule has 1 saturated heterocycles. The minimum Gasteiger partial charge on any atom is -0.394 e. The molecule has 1 fully saturated rings. The van der Waals surface area contributed by atoms with Crippen molar-refractivity contribution < 1.29 is 24.2 Å². The Balaban J connectivity index is 1.62. The molecule has 0 bridgehead atoms. The van der Waals surface area contributed by atoms with Crippen LogP contribution in [0, 0.1) is 5.82 Å². The average molecular weight is 592 g/mol. The number of thiophene rings is 1. The van der Waals surface area contributed by atoms with Crippen LogP contribution in [0.15, 0.2) is 53.2 Å². The Kier molecular flexibility index (Phi) is 8.42. The van der Waals surface area contributed by atoms with E-state index in [0.29, 0.717) is 41.1 Å². The highest BCUT2D eigenvalue weighted by Gasteiger charge is 2.65. The van der Waals surface area contributed by atoms with E-state index in [4.69, 9.17) is 28.3 Å². The highest BCUT2D eigenvalue weighted by Crippen LogP contribution is 2.56. The van der Waals surface area contributed by atoms with Crippen LogP contribution in [0.5, 0.6) is 0 Å². The van der Waals surface area contributed by atoms with Crippen LogP contribution in [0.1, 0.15) is 48.3 Å². The number of hydrogen-bond donors (Lipinski definition) is 4. The van der Waals surface area contributed by atoms with E-state index < -0.39 is 35.3 Å². The molecule has 1 spiro atoms. The van der Waals surface area contributed by atoms with Crippen LogP contribution in [0.25, 0.3) is 0 Å². The summed E-state index contributed by atoms with van der Waals surface area (Å²) in [5.74, 6) is -1.77. The van der Waals surface area contributed by atoms with Crippen molar-refractivity contribution in [2.24, 2.45) is 0 Å². The fourth-order valence-electron chi connectivity index (χ4n) is 6.17. The molecule has 2 aliphatic rings. The number of aryl methyl sites for hydroxylation is 1. The van der Waals surface area contributed by atoms with Crippen molar-refractivity contribution in [2.45, 2.75) is 61.6 Å². The Morgan fingerprint density at radius 1 is 1.21 bits per heavy atom. The maximum Gasteiger partial charge on any atom is 0.237 e. The number of Topliss-reactive ketones (excluding diaryl/α,β-unsaturated/α-hetero) is 1. The zero-order chi connectivity index (χ0) is 27.7. The summed E-state index contributed by atoms with van der Waals surface area (Å²) in [6.45, 7) is -0.375. The maximum atomic E-state index is 15.0. The summed E-state index contributed by atoms with van der Waals surface area (Å²) in [5, 5.41) is 29.8. The second-order valence-corrected chi connectivity index (χ2v) is 11.9. The normalized spacial score (nSPS) is 24.6. The predicted molar refractivity (Wildman–Crippen MR) is 151 cm³/mol. The number of nitrogens with one attached hydrogen (secondary N) is 2. The lowest BCUT2D eigenvalue weighted by atomic mass is 9.63. The van der Waals surface area contributed by atoms with E-state index in [2.05, 4.69) is 10.6 Å². The van der Waals surface area contributed by atoms with Gasteiger partial charge in [-0.15, -0.1) is 0 Å². The monoisotopic (exact) mass is 590 g/mol. The molecule has 3 heterocycles. The predicted octanol–water partition coefficient (Wildman–Crippen LogP) is 5.23. The fraction of sp³-hybridized carbons (Fsp3) is 0.379. The molecule has 0 saturated carbocycles. The molecule has 206 valence electrons. The van der Waals surface area contributed by atoms with Gasteiger partial charge in [-0.3, -0.25) is 9.59 Å². The SMILES string of the molecule is O=C(CCC[C@H](O)CO)[C@@H]1N[C@H](CCc2ccsc2)[C@]2(C(=O)Nc3cc(Cl)c(F)cc32)[C@H]1c1cccc(Cl)c1. The molecule has 2 aliphatic heterocycles. The summed E-state index contributed by atoms with van der Waals surface area (Å²) in [7, 11) is 0. The zero-order valence-corrected chi connectivity index (χ0v) is 23.3. The molecular weight excluding hydrogens is 562 g/mol. The number of ketones is 1. The number of amides is 1. The lowest BCUT2D eigenvalue weighted by Crippen LogP contribution is -2.48. The number of fused-ring (bicyclic) bond motifs is 2.